The first-order valence-electron chi connectivity index (χ1n) is 6.59. The highest BCUT2D eigenvalue weighted by Gasteiger charge is 2.45. The third kappa shape index (κ3) is 5.43. The average Bonchev–Trinajstić information content (AvgIpc) is 2.50. The maximum Gasteiger partial charge on any atom is 0.356 e. The van der Waals surface area contributed by atoms with Gasteiger partial charge in [0.15, 0.2) is 18.1 Å². The molecule has 0 fully saturated rings. The van der Waals surface area contributed by atoms with Gasteiger partial charge in [-0.1, -0.05) is 0 Å². The molecule has 0 aromatic heterocycles. The second-order valence-electron chi connectivity index (χ2n) is 4.86. The number of hydrogen-bond donors (Lipinski definition) is 6. The van der Waals surface area contributed by atoms with E-state index in [2.05, 4.69) is 0 Å². The van der Waals surface area contributed by atoms with Gasteiger partial charge in [-0.2, -0.15) is 0 Å². The van der Waals surface area contributed by atoms with Gasteiger partial charge in [0.2, 0.25) is 0 Å². The molecule has 0 amide bonds. The van der Waals surface area contributed by atoms with Crippen LogP contribution in [0.25, 0.3) is 0 Å². The molecule has 0 radical (unpaired) electrons. The van der Waals surface area contributed by atoms with E-state index in [9.17, 15) is 29.3 Å². The largest absolute Gasteiger partial charge is 0.504 e. The molecule has 7 N–H and O–H groups in total. The van der Waals surface area contributed by atoms with Crippen molar-refractivity contribution >= 4 is 25.2 Å². The summed E-state index contributed by atoms with van der Waals surface area (Å²) in [4.78, 5) is 52.8. The van der Waals surface area contributed by atoms with Crippen LogP contribution in [-0.2, 0) is 9.59 Å². The van der Waals surface area contributed by atoms with Crippen LogP contribution in [0.4, 0.5) is 0 Å². The van der Waals surface area contributed by atoms with Crippen molar-refractivity contribution in [3.05, 3.63) is 23.8 Å². The van der Waals surface area contributed by atoms with Crippen molar-refractivity contribution in [3.63, 3.8) is 0 Å². The Morgan fingerprint density at radius 2 is 1.83 bits per heavy atom. The molecule has 0 saturated carbocycles. The van der Waals surface area contributed by atoms with E-state index in [-0.39, 0.29) is 17.7 Å². The lowest BCUT2D eigenvalue weighted by molar-refractivity contribution is -0.139. The fraction of sp³-hybridized carbons (Fsp3) is 0.308. The average molecular weight is 362 g/mol. The Bertz CT molecular complexity index is 646. The van der Waals surface area contributed by atoms with Crippen molar-refractivity contribution in [1.29, 1.82) is 0 Å². The zero-order valence-corrected chi connectivity index (χ0v) is 13.2. The number of aliphatic carboxylic acids is 2. The summed E-state index contributed by atoms with van der Waals surface area (Å²) in [6, 6.07) is 1.79. The van der Waals surface area contributed by atoms with E-state index in [1.807, 2.05) is 0 Å². The number of hydrogen-bond acceptors (Lipinski definition) is 8. The summed E-state index contributed by atoms with van der Waals surface area (Å²) in [6.45, 7) is -0.704. The molecule has 10 nitrogen and oxygen atoms in total. The van der Waals surface area contributed by atoms with Crippen molar-refractivity contribution in [2.24, 2.45) is 5.73 Å². The van der Waals surface area contributed by atoms with Crippen molar-refractivity contribution in [2.75, 3.05) is 12.8 Å². The second kappa shape index (κ2) is 8.02. The second-order valence-corrected chi connectivity index (χ2v) is 7.17. The lowest BCUT2D eigenvalue weighted by Crippen LogP contribution is -2.31. The number of carbonyl (C=O) groups is 3. The van der Waals surface area contributed by atoms with E-state index in [0.717, 1.165) is 18.2 Å². The number of rotatable bonds is 9. The summed E-state index contributed by atoms with van der Waals surface area (Å²) in [5.74, 6) is -3.34. The molecule has 0 aliphatic rings. The summed E-state index contributed by atoms with van der Waals surface area (Å²) in [5, 5.41) is 26.8. The van der Waals surface area contributed by atoms with Gasteiger partial charge in [0.25, 0.3) is 0 Å². The molecule has 1 atom stereocenters. The number of carboxylic acids is 2. The predicted molar refractivity (Wildman–Crippen MR) is 82.0 cm³/mol. The Hall–Kier alpha value is -2.26. The van der Waals surface area contributed by atoms with E-state index in [1.165, 1.54) is 0 Å². The Morgan fingerprint density at radius 3 is 2.33 bits per heavy atom. The highest BCUT2D eigenvalue weighted by atomic mass is 31.2. The van der Waals surface area contributed by atoms with Crippen molar-refractivity contribution in [3.8, 4) is 11.5 Å². The van der Waals surface area contributed by atoms with E-state index in [0.29, 0.717) is 0 Å². The molecule has 11 heteroatoms. The van der Waals surface area contributed by atoms with Crippen LogP contribution < -0.4 is 10.5 Å². The van der Waals surface area contributed by atoms with Gasteiger partial charge in [0.1, 0.15) is 12.2 Å². The van der Waals surface area contributed by atoms with Gasteiger partial charge in [-0.05, 0) is 18.2 Å². The van der Waals surface area contributed by atoms with Crippen LogP contribution in [0.1, 0.15) is 16.8 Å². The lowest BCUT2D eigenvalue weighted by Gasteiger charge is -2.13. The molecule has 132 valence electrons. The molecule has 0 spiro atoms. The standard InChI is InChI=1S/C13H16NO9P/c14-8(12(18)19)3-4-24(21,22)13(20)7-1-2-10(9(15)5-7)23-6-11(16)17/h1-2,5,8,21-22H,3-4,6,14H2,(H2-,15,16,17,18,19)/p+1. The topological polar surface area (TPSA) is 188 Å². The molecule has 0 bridgehead atoms. The van der Waals surface area contributed by atoms with E-state index in [4.69, 9.17) is 20.7 Å². The quantitative estimate of drug-likeness (QED) is 0.316. The summed E-state index contributed by atoms with van der Waals surface area (Å²) >= 11 is 0. The fourth-order valence-corrected chi connectivity index (χ4v) is 3.06. The fourth-order valence-electron chi connectivity index (χ4n) is 1.66. The van der Waals surface area contributed by atoms with Crippen LogP contribution in [0.2, 0.25) is 0 Å². The molecular weight excluding hydrogens is 345 g/mol. The number of nitrogens with two attached hydrogens (primary N) is 1. The molecule has 0 aliphatic carbocycles. The molecular formula is C13H17NO9P+. The zero-order valence-electron chi connectivity index (χ0n) is 12.3. The number of ether oxygens (including phenoxy) is 1. The smallest absolute Gasteiger partial charge is 0.356 e. The minimum atomic E-state index is -4.14. The van der Waals surface area contributed by atoms with Gasteiger partial charge in [-0.25, -0.2) is 19.4 Å². The maximum absolute atomic E-state index is 12.1. The number of carbonyl (C=O) groups excluding carboxylic acids is 1. The monoisotopic (exact) mass is 362 g/mol. The number of carboxylic acid groups (broad SMARTS) is 2. The highest BCUT2D eigenvalue weighted by Crippen LogP contribution is 2.53. The number of aromatic hydroxyl groups is 1. The highest BCUT2D eigenvalue weighted by molar-refractivity contribution is 7.81. The first kappa shape index (κ1) is 19.8. The van der Waals surface area contributed by atoms with E-state index >= 15 is 0 Å². The lowest BCUT2D eigenvalue weighted by atomic mass is 10.2. The molecule has 1 unspecified atom stereocenters. The number of phenols is 1. The molecule has 1 aromatic rings. The molecule has 24 heavy (non-hydrogen) atoms. The van der Waals surface area contributed by atoms with Crippen LogP contribution >= 0.6 is 7.72 Å². The van der Waals surface area contributed by atoms with Crippen LogP contribution in [0.5, 0.6) is 11.5 Å². The van der Waals surface area contributed by atoms with Crippen LogP contribution in [0, 0.1) is 0 Å². The van der Waals surface area contributed by atoms with E-state index < -0.39 is 49.7 Å². The minimum absolute atomic E-state index is 0.193. The summed E-state index contributed by atoms with van der Waals surface area (Å²) in [6.07, 6.45) is -0.828. The van der Waals surface area contributed by atoms with Gasteiger partial charge < -0.3 is 25.8 Å². The SMILES string of the molecule is NC(CC[P+](O)(O)C(=O)c1ccc(OCC(=O)O)c(O)c1)C(=O)O. The van der Waals surface area contributed by atoms with Gasteiger partial charge in [0, 0.05) is 6.42 Å². The summed E-state index contributed by atoms with van der Waals surface area (Å²) in [7, 11) is -4.14. The number of benzene rings is 1. The summed E-state index contributed by atoms with van der Waals surface area (Å²) in [5.41, 5.74) is 3.94. The predicted octanol–water partition coefficient (Wildman–Crippen LogP) is -0.370. The van der Waals surface area contributed by atoms with E-state index in [1.54, 1.807) is 0 Å². The first-order valence-corrected chi connectivity index (χ1v) is 8.47. The molecule has 0 saturated heterocycles. The van der Waals surface area contributed by atoms with Gasteiger partial charge >= 0.3 is 25.2 Å². The van der Waals surface area contributed by atoms with Gasteiger partial charge in [-0.15, -0.1) is 0 Å². The normalized spacial score (nSPS) is 12.5. The third-order valence-electron chi connectivity index (χ3n) is 2.95. The Balaban J connectivity index is 2.84. The minimum Gasteiger partial charge on any atom is -0.504 e. The molecule has 0 heterocycles. The Morgan fingerprint density at radius 1 is 1.21 bits per heavy atom. The van der Waals surface area contributed by atoms with Crippen molar-refractivity contribution in [1.82, 2.24) is 0 Å². The van der Waals surface area contributed by atoms with Gasteiger partial charge in [-0.3, -0.25) is 4.79 Å². The van der Waals surface area contributed by atoms with Crippen LogP contribution in [0.3, 0.4) is 0 Å². The molecule has 1 rings (SSSR count). The van der Waals surface area contributed by atoms with Gasteiger partial charge in [0.05, 0.1) is 5.56 Å². The first-order chi connectivity index (χ1) is 11.0. The molecule has 0 aliphatic heterocycles. The Kier molecular flexibility index (Phi) is 6.61. The number of phenolic OH excluding ortho intramolecular Hbond substituents is 1. The maximum atomic E-state index is 12.1. The summed E-state index contributed by atoms with van der Waals surface area (Å²) < 4.78 is 4.77. The third-order valence-corrected chi connectivity index (χ3v) is 4.74. The van der Waals surface area contributed by atoms with Crippen LogP contribution in [-0.4, -0.2) is 61.4 Å². The molecule has 1 aromatic carbocycles. The van der Waals surface area contributed by atoms with Crippen molar-refractivity contribution in [2.45, 2.75) is 12.5 Å². The Labute approximate surface area is 136 Å². The zero-order chi connectivity index (χ0) is 18.5. The van der Waals surface area contributed by atoms with Crippen LogP contribution in [0.15, 0.2) is 18.2 Å². The van der Waals surface area contributed by atoms with Crippen molar-refractivity contribution < 1.29 is 44.2 Å².